The van der Waals surface area contributed by atoms with E-state index in [9.17, 15) is 13.5 Å². The Morgan fingerprint density at radius 1 is 1.68 bits per heavy atom. The lowest BCUT2D eigenvalue weighted by atomic mass is 9.86. The summed E-state index contributed by atoms with van der Waals surface area (Å²) in [4.78, 5) is 3.82. The Bertz CT molecular complexity index is 572. The first kappa shape index (κ1) is 14.8. The molecular weight excluding hydrogens is 290 g/mol. The fourth-order valence-electron chi connectivity index (χ4n) is 2.44. The molecule has 2 N–H and O–H groups in total. The molecule has 1 aromatic rings. The highest BCUT2D eigenvalue weighted by Gasteiger charge is 2.41. The zero-order valence-electron chi connectivity index (χ0n) is 10.9. The number of rotatable bonds is 4. The first-order valence-corrected chi connectivity index (χ1v) is 7.96. The summed E-state index contributed by atoms with van der Waals surface area (Å²) in [5.74, 6) is 0. The number of aromatic nitrogens is 2. The molecule has 1 fully saturated rings. The van der Waals surface area contributed by atoms with Crippen LogP contribution in [0.1, 0.15) is 26.2 Å². The van der Waals surface area contributed by atoms with Crippen molar-refractivity contribution in [2.45, 2.75) is 37.3 Å². The summed E-state index contributed by atoms with van der Waals surface area (Å²) < 4.78 is 28.6. The lowest BCUT2D eigenvalue weighted by molar-refractivity contribution is 0.127. The van der Waals surface area contributed by atoms with Crippen LogP contribution in [0.2, 0.25) is 5.15 Å². The van der Waals surface area contributed by atoms with Crippen LogP contribution in [0.4, 0.5) is 0 Å². The monoisotopic (exact) mass is 307 g/mol. The third-order valence-corrected chi connectivity index (χ3v) is 5.79. The van der Waals surface area contributed by atoms with Gasteiger partial charge in [-0.1, -0.05) is 24.9 Å². The van der Waals surface area contributed by atoms with Gasteiger partial charge in [0.15, 0.2) is 0 Å². The zero-order chi connectivity index (χ0) is 14.3. The largest absolute Gasteiger partial charge is 0.396 e. The van der Waals surface area contributed by atoms with Gasteiger partial charge in [-0.3, -0.25) is 0 Å². The molecule has 0 aromatic carbocycles. The number of aryl methyl sites for hydroxylation is 1. The third-order valence-electron chi connectivity index (χ3n) is 3.83. The Balaban J connectivity index is 2.25. The SMILES string of the molecule is Cn1cnc(S(=O)(=O)NC2CCCC2(C)CO)c1Cl. The van der Waals surface area contributed by atoms with E-state index >= 15 is 0 Å². The molecule has 2 atom stereocenters. The molecule has 1 aromatic heterocycles. The van der Waals surface area contributed by atoms with E-state index in [0.29, 0.717) is 6.42 Å². The van der Waals surface area contributed by atoms with Crippen LogP contribution in [0.15, 0.2) is 11.4 Å². The minimum absolute atomic E-state index is 0.0455. The average molecular weight is 308 g/mol. The molecule has 1 aliphatic carbocycles. The highest BCUT2D eigenvalue weighted by molar-refractivity contribution is 7.89. The predicted octanol–water partition coefficient (Wildman–Crippen LogP) is 0.903. The predicted molar refractivity (Wildman–Crippen MR) is 71.4 cm³/mol. The molecule has 108 valence electrons. The number of aliphatic hydroxyl groups excluding tert-OH is 1. The van der Waals surface area contributed by atoms with E-state index < -0.39 is 15.4 Å². The maximum Gasteiger partial charge on any atom is 0.261 e. The van der Waals surface area contributed by atoms with Crippen molar-refractivity contribution in [1.82, 2.24) is 14.3 Å². The number of sulfonamides is 1. The topological polar surface area (TPSA) is 84.2 Å². The van der Waals surface area contributed by atoms with Gasteiger partial charge < -0.3 is 9.67 Å². The summed E-state index contributed by atoms with van der Waals surface area (Å²) >= 11 is 5.92. The lowest BCUT2D eigenvalue weighted by Crippen LogP contribution is -2.44. The van der Waals surface area contributed by atoms with Crippen LogP contribution < -0.4 is 4.72 Å². The Labute approximate surface area is 117 Å². The minimum Gasteiger partial charge on any atom is -0.396 e. The van der Waals surface area contributed by atoms with Gasteiger partial charge in [0, 0.05) is 25.1 Å². The van der Waals surface area contributed by atoms with Crippen molar-refractivity contribution >= 4 is 21.6 Å². The molecule has 0 aliphatic heterocycles. The van der Waals surface area contributed by atoms with Crippen molar-refractivity contribution < 1.29 is 13.5 Å². The Morgan fingerprint density at radius 2 is 2.37 bits per heavy atom. The quantitative estimate of drug-likeness (QED) is 0.865. The van der Waals surface area contributed by atoms with Gasteiger partial charge in [-0.25, -0.2) is 18.1 Å². The second-order valence-corrected chi connectivity index (χ2v) is 7.32. The van der Waals surface area contributed by atoms with Gasteiger partial charge in [0.2, 0.25) is 5.03 Å². The number of nitrogens with one attached hydrogen (secondary N) is 1. The molecule has 0 amide bonds. The van der Waals surface area contributed by atoms with Crippen molar-refractivity contribution in [3.8, 4) is 0 Å². The molecule has 8 heteroatoms. The summed E-state index contributed by atoms with van der Waals surface area (Å²) in [6, 6.07) is -0.291. The molecule has 1 saturated carbocycles. The molecule has 0 spiro atoms. The van der Waals surface area contributed by atoms with Gasteiger partial charge >= 0.3 is 0 Å². The molecule has 19 heavy (non-hydrogen) atoms. The van der Waals surface area contributed by atoms with Crippen LogP contribution in [0.25, 0.3) is 0 Å². The Kier molecular flexibility index (Phi) is 3.92. The van der Waals surface area contributed by atoms with Gasteiger partial charge in [-0.15, -0.1) is 0 Å². The van der Waals surface area contributed by atoms with E-state index in [2.05, 4.69) is 9.71 Å². The van der Waals surface area contributed by atoms with Crippen LogP contribution in [0, 0.1) is 5.41 Å². The molecular formula is C11H18ClN3O3S. The molecule has 2 rings (SSSR count). The second-order valence-electron chi connectivity index (χ2n) is 5.33. The maximum absolute atomic E-state index is 12.3. The third kappa shape index (κ3) is 2.65. The number of aliphatic hydroxyl groups is 1. The first-order chi connectivity index (χ1) is 8.80. The highest BCUT2D eigenvalue weighted by Crippen LogP contribution is 2.38. The number of imidazole rings is 1. The number of nitrogens with zero attached hydrogens (tertiary/aromatic N) is 2. The average Bonchev–Trinajstić information content (AvgIpc) is 2.86. The summed E-state index contributed by atoms with van der Waals surface area (Å²) in [5.41, 5.74) is -0.422. The fourth-order valence-corrected chi connectivity index (χ4v) is 4.28. The molecule has 1 aliphatic rings. The van der Waals surface area contributed by atoms with Gasteiger partial charge in [-0.05, 0) is 12.8 Å². The van der Waals surface area contributed by atoms with Gasteiger partial charge in [0.1, 0.15) is 5.15 Å². The van der Waals surface area contributed by atoms with E-state index in [1.165, 1.54) is 10.9 Å². The number of hydrogen-bond acceptors (Lipinski definition) is 4. The van der Waals surface area contributed by atoms with Gasteiger partial charge in [0.05, 0.1) is 6.33 Å². The molecule has 2 unspecified atom stereocenters. The van der Waals surface area contributed by atoms with E-state index in [0.717, 1.165) is 12.8 Å². The molecule has 0 saturated heterocycles. The lowest BCUT2D eigenvalue weighted by Gasteiger charge is -2.29. The second kappa shape index (κ2) is 5.05. The molecule has 0 radical (unpaired) electrons. The van der Waals surface area contributed by atoms with E-state index in [4.69, 9.17) is 11.6 Å². The first-order valence-electron chi connectivity index (χ1n) is 6.10. The van der Waals surface area contributed by atoms with Crippen molar-refractivity contribution in [1.29, 1.82) is 0 Å². The number of hydrogen-bond donors (Lipinski definition) is 2. The molecule has 0 bridgehead atoms. The Hall–Kier alpha value is -0.630. The summed E-state index contributed by atoms with van der Waals surface area (Å²) in [6.45, 7) is 1.84. The number of halogens is 1. The van der Waals surface area contributed by atoms with Crippen molar-refractivity contribution in [3.63, 3.8) is 0 Å². The normalized spacial score (nSPS) is 27.9. The van der Waals surface area contributed by atoms with Crippen molar-refractivity contribution in [2.24, 2.45) is 12.5 Å². The molecule has 1 heterocycles. The summed E-state index contributed by atoms with van der Waals surface area (Å²) in [7, 11) is -2.13. The molecule has 6 nitrogen and oxygen atoms in total. The van der Waals surface area contributed by atoms with Gasteiger partial charge in [-0.2, -0.15) is 0 Å². The summed E-state index contributed by atoms with van der Waals surface area (Å²) in [6.07, 6.45) is 3.75. The van der Waals surface area contributed by atoms with Crippen LogP contribution >= 0.6 is 11.6 Å². The highest BCUT2D eigenvalue weighted by atomic mass is 35.5. The smallest absolute Gasteiger partial charge is 0.261 e. The Morgan fingerprint density at radius 3 is 2.89 bits per heavy atom. The van der Waals surface area contributed by atoms with E-state index in [1.54, 1.807) is 7.05 Å². The minimum atomic E-state index is -3.76. The summed E-state index contributed by atoms with van der Waals surface area (Å²) in [5, 5.41) is 9.36. The van der Waals surface area contributed by atoms with Crippen molar-refractivity contribution in [2.75, 3.05) is 6.61 Å². The van der Waals surface area contributed by atoms with E-state index in [1.807, 2.05) is 6.92 Å². The van der Waals surface area contributed by atoms with E-state index in [-0.39, 0.29) is 22.8 Å². The van der Waals surface area contributed by atoms with Crippen LogP contribution in [0.5, 0.6) is 0 Å². The van der Waals surface area contributed by atoms with Crippen LogP contribution in [0.3, 0.4) is 0 Å². The zero-order valence-corrected chi connectivity index (χ0v) is 12.5. The fraction of sp³-hybridized carbons (Fsp3) is 0.727. The standard InChI is InChI=1S/C11H18ClN3O3S/c1-11(6-16)5-3-4-8(11)14-19(17,18)10-9(12)15(2)7-13-10/h7-8,14,16H,3-6H2,1-2H3. The van der Waals surface area contributed by atoms with Gasteiger partial charge in [0.25, 0.3) is 10.0 Å². The maximum atomic E-state index is 12.3. The van der Waals surface area contributed by atoms with Crippen LogP contribution in [-0.4, -0.2) is 35.7 Å². The van der Waals surface area contributed by atoms with Crippen molar-refractivity contribution in [3.05, 3.63) is 11.5 Å². The van der Waals surface area contributed by atoms with Crippen LogP contribution in [-0.2, 0) is 17.1 Å².